The van der Waals surface area contributed by atoms with Crippen molar-refractivity contribution in [2.24, 2.45) is 18.7 Å². The molecule has 0 bridgehead atoms. The van der Waals surface area contributed by atoms with Crippen LogP contribution >= 0.6 is 0 Å². The van der Waals surface area contributed by atoms with Gasteiger partial charge in [-0.2, -0.15) is 10.2 Å². The third-order valence-electron chi connectivity index (χ3n) is 4.63. The normalized spacial score (nSPS) is 24.9. The highest BCUT2D eigenvalue weighted by Gasteiger charge is 2.34. The summed E-state index contributed by atoms with van der Waals surface area (Å²) in [5, 5.41) is 12.5. The minimum absolute atomic E-state index is 0.528. The van der Waals surface area contributed by atoms with Crippen LogP contribution in [0.2, 0.25) is 0 Å². The Balaban J connectivity index is 1.56. The summed E-state index contributed by atoms with van der Waals surface area (Å²) in [4.78, 5) is 0. The lowest BCUT2D eigenvalue weighted by Gasteiger charge is -2.34. The van der Waals surface area contributed by atoms with Crippen molar-refractivity contribution >= 4 is 11.4 Å². The number of nitrogens with one attached hydrogen (secondary N) is 1. The highest BCUT2D eigenvalue weighted by molar-refractivity contribution is 5.61. The predicted octanol–water partition coefficient (Wildman–Crippen LogP) is 2.15. The largest absolute Gasteiger partial charge is 0.350 e. The summed E-state index contributed by atoms with van der Waals surface area (Å²) in [6.07, 6.45) is 10.8. The molecule has 2 fully saturated rings. The third kappa shape index (κ3) is 2.44. The zero-order chi connectivity index (χ0) is 14.4. The second kappa shape index (κ2) is 4.87. The Morgan fingerprint density at radius 1 is 1.33 bits per heavy atom. The average molecular weight is 286 g/mol. The molecule has 2 heterocycles. The number of nitrogens with zero attached hydrogens (tertiary/aromatic N) is 4. The molecular formula is C15H22N6. The lowest BCUT2D eigenvalue weighted by molar-refractivity contribution is 0.189. The number of anilines is 2. The van der Waals surface area contributed by atoms with Gasteiger partial charge in [0, 0.05) is 25.4 Å². The van der Waals surface area contributed by atoms with Crippen LogP contribution in [0.4, 0.5) is 11.4 Å². The molecular weight excluding hydrogens is 264 g/mol. The zero-order valence-electron chi connectivity index (χ0n) is 12.4. The molecule has 2 saturated carbocycles. The molecule has 2 aromatic rings. The summed E-state index contributed by atoms with van der Waals surface area (Å²) in [6.45, 7) is 0.800. The van der Waals surface area contributed by atoms with Crippen molar-refractivity contribution in [1.29, 1.82) is 0 Å². The first-order chi connectivity index (χ1) is 10.2. The van der Waals surface area contributed by atoms with E-state index in [9.17, 15) is 0 Å². The van der Waals surface area contributed by atoms with Gasteiger partial charge in [0.2, 0.25) is 0 Å². The maximum Gasteiger partial charge on any atom is 0.0890 e. The SMILES string of the molecule is Cn1cc(Nc2cn([C@H]3C[C@H](CN)C3)nc2C2CC2)cn1. The molecule has 2 aliphatic rings. The molecule has 112 valence electrons. The lowest BCUT2D eigenvalue weighted by Crippen LogP contribution is -2.32. The van der Waals surface area contributed by atoms with E-state index in [2.05, 4.69) is 21.3 Å². The van der Waals surface area contributed by atoms with Gasteiger partial charge in [-0.15, -0.1) is 0 Å². The van der Waals surface area contributed by atoms with E-state index >= 15 is 0 Å². The number of aryl methyl sites for hydroxylation is 1. The van der Waals surface area contributed by atoms with Crippen molar-refractivity contribution in [2.45, 2.75) is 37.6 Å². The monoisotopic (exact) mass is 286 g/mol. The quantitative estimate of drug-likeness (QED) is 0.883. The van der Waals surface area contributed by atoms with Gasteiger partial charge in [0.15, 0.2) is 0 Å². The molecule has 0 radical (unpaired) electrons. The smallest absolute Gasteiger partial charge is 0.0890 e. The van der Waals surface area contributed by atoms with Gasteiger partial charge in [-0.3, -0.25) is 9.36 Å². The van der Waals surface area contributed by atoms with Crippen molar-refractivity contribution in [3.05, 3.63) is 24.3 Å². The van der Waals surface area contributed by atoms with Gasteiger partial charge in [0.1, 0.15) is 0 Å². The van der Waals surface area contributed by atoms with E-state index in [1.807, 2.05) is 19.4 Å². The van der Waals surface area contributed by atoms with Crippen LogP contribution in [0.25, 0.3) is 0 Å². The molecule has 3 N–H and O–H groups in total. The van der Waals surface area contributed by atoms with Crippen LogP contribution in [0.5, 0.6) is 0 Å². The Kier molecular flexibility index (Phi) is 2.99. The predicted molar refractivity (Wildman–Crippen MR) is 81.5 cm³/mol. The fraction of sp³-hybridized carbons (Fsp3) is 0.600. The molecule has 21 heavy (non-hydrogen) atoms. The molecule has 0 atom stereocenters. The molecule has 0 spiro atoms. The Labute approximate surface area is 124 Å². The minimum Gasteiger partial charge on any atom is -0.350 e. The second-order valence-corrected chi connectivity index (χ2v) is 6.44. The van der Waals surface area contributed by atoms with Crippen LogP contribution in [0.15, 0.2) is 18.6 Å². The van der Waals surface area contributed by atoms with Crippen molar-refractivity contribution in [1.82, 2.24) is 19.6 Å². The van der Waals surface area contributed by atoms with Crippen LogP contribution in [0.1, 0.15) is 43.3 Å². The Morgan fingerprint density at radius 3 is 2.76 bits per heavy atom. The van der Waals surface area contributed by atoms with E-state index in [0.29, 0.717) is 17.9 Å². The summed E-state index contributed by atoms with van der Waals surface area (Å²) >= 11 is 0. The van der Waals surface area contributed by atoms with Gasteiger partial charge in [-0.05, 0) is 38.1 Å². The number of nitrogens with two attached hydrogens (primary N) is 1. The molecule has 0 amide bonds. The van der Waals surface area contributed by atoms with Gasteiger partial charge < -0.3 is 11.1 Å². The van der Waals surface area contributed by atoms with Gasteiger partial charge in [-0.1, -0.05) is 0 Å². The summed E-state index contributed by atoms with van der Waals surface area (Å²) in [5.74, 6) is 1.31. The highest BCUT2D eigenvalue weighted by Crippen LogP contribution is 2.45. The molecule has 0 aliphatic heterocycles. The second-order valence-electron chi connectivity index (χ2n) is 6.44. The third-order valence-corrected chi connectivity index (χ3v) is 4.63. The summed E-state index contributed by atoms with van der Waals surface area (Å²) in [5.41, 5.74) is 9.10. The topological polar surface area (TPSA) is 73.7 Å². The molecule has 0 saturated heterocycles. The molecule has 2 aliphatic carbocycles. The van der Waals surface area contributed by atoms with Gasteiger partial charge in [0.25, 0.3) is 0 Å². The van der Waals surface area contributed by atoms with Crippen molar-refractivity contribution in [3.8, 4) is 0 Å². The van der Waals surface area contributed by atoms with Gasteiger partial charge >= 0.3 is 0 Å². The van der Waals surface area contributed by atoms with Crippen LogP contribution in [0, 0.1) is 5.92 Å². The Morgan fingerprint density at radius 2 is 2.14 bits per heavy atom. The standard InChI is InChI=1S/C15H22N6/c1-20-8-12(7-17-20)18-14-9-21(13-4-10(5-13)6-16)19-15(14)11-2-3-11/h7-11,13,18H,2-6,16H2,1H3/t10-,13-. The van der Waals surface area contributed by atoms with E-state index in [0.717, 1.165) is 30.8 Å². The summed E-state index contributed by atoms with van der Waals surface area (Å²) in [6, 6.07) is 0.528. The first kappa shape index (κ1) is 12.9. The molecule has 0 aromatic carbocycles. The first-order valence-electron chi connectivity index (χ1n) is 7.77. The molecule has 6 nitrogen and oxygen atoms in total. The fourth-order valence-corrected chi connectivity index (χ4v) is 3.10. The van der Waals surface area contributed by atoms with Crippen LogP contribution in [-0.4, -0.2) is 26.1 Å². The van der Waals surface area contributed by atoms with E-state index in [1.165, 1.54) is 18.5 Å². The van der Waals surface area contributed by atoms with Gasteiger partial charge in [0.05, 0.1) is 29.3 Å². The molecule has 0 unspecified atom stereocenters. The van der Waals surface area contributed by atoms with Crippen molar-refractivity contribution in [2.75, 3.05) is 11.9 Å². The minimum atomic E-state index is 0.528. The van der Waals surface area contributed by atoms with E-state index < -0.39 is 0 Å². The highest BCUT2D eigenvalue weighted by atomic mass is 15.3. The molecule has 2 aromatic heterocycles. The Bertz CT molecular complexity index is 632. The lowest BCUT2D eigenvalue weighted by atomic mass is 9.80. The van der Waals surface area contributed by atoms with Gasteiger partial charge in [-0.25, -0.2) is 0 Å². The molecule has 4 rings (SSSR count). The van der Waals surface area contributed by atoms with Crippen LogP contribution in [0.3, 0.4) is 0 Å². The average Bonchev–Trinajstić information content (AvgIpc) is 3.06. The van der Waals surface area contributed by atoms with Crippen molar-refractivity contribution in [3.63, 3.8) is 0 Å². The first-order valence-corrected chi connectivity index (χ1v) is 7.77. The summed E-state index contributed by atoms with van der Waals surface area (Å²) in [7, 11) is 1.93. The van der Waals surface area contributed by atoms with Crippen molar-refractivity contribution < 1.29 is 0 Å². The van der Waals surface area contributed by atoms with Crippen LogP contribution < -0.4 is 11.1 Å². The van der Waals surface area contributed by atoms with E-state index in [-0.39, 0.29) is 0 Å². The molecule has 6 heteroatoms. The number of aromatic nitrogens is 4. The van der Waals surface area contributed by atoms with E-state index in [4.69, 9.17) is 10.8 Å². The number of rotatable bonds is 5. The van der Waals surface area contributed by atoms with E-state index in [1.54, 1.807) is 4.68 Å². The maximum atomic E-state index is 5.72. The Hall–Kier alpha value is -1.82. The van der Waals surface area contributed by atoms with Crippen LogP contribution in [-0.2, 0) is 7.05 Å². The number of hydrogen-bond donors (Lipinski definition) is 2. The maximum absolute atomic E-state index is 5.72. The number of hydrogen-bond acceptors (Lipinski definition) is 4. The zero-order valence-corrected chi connectivity index (χ0v) is 12.4. The fourth-order valence-electron chi connectivity index (χ4n) is 3.10. The summed E-state index contributed by atoms with van der Waals surface area (Å²) < 4.78 is 3.96.